The molecule has 1 saturated heterocycles. The second-order valence-corrected chi connectivity index (χ2v) is 7.69. The molecule has 6 atom stereocenters. The van der Waals surface area contributed by atoms with Crippen LogP contribution in [0.2, 0.25) is 0 Å². The van der Waals surface area contributed by atoms with Gasteiger partial charge in [0.25, 0.3) is 5.79 Å². The molecule has 0 spiro atoms. The number of ether oxygens (including phenoxy) is 3. The Morgan fingerprint density at radius 3 is 2.31 bits per heavy atom. The van der Waals surface area contributed by atoms with Gasteiger partial charge in [-0.05, 0) is 17.7 Å². The minimum absolute atomic E-state index is 0.00262. The fourth-order valence-electron chi connectivity index (χ4n) is 3.69. The molecular formula is C21H22O11. The van der Waals surface area contributed by atoms with E-state index in [4.69, 9.17) is 14.2 Å². The van der Waals surface area contributed by atoms with Crippen molar-refractivity contribution in [3.05, 3.63) is 47.5 Å². The summed E-state index contributed by atoms with van der Waals surface area (Å²) in [6, 6.07) is 7.89. The highest BCUT2D eigenvalue weighted by Crippen LogP contribution is 2.44. The summed E-state index contributed by atoms with van der Waals surface area (Å²) in [5.41, 5.74) is 0.244. The van der Waals surface area contributed by atoms with Crippen LogP contribution in [0.25, 0.3) is 0 Å². The number of carbonyl (C=O) groups is 1. The van der Waals surface area contributed by atoms with Gasteiger partial charge in [-0.3, -0.25) is 4.79 Å². The zero-order chi connectivity index (χ0) is 23.2. The number of fused-ring (bicyclic) bond motifs is 1. The number of phenolic OH excluding ortho intramolecular Hbond substituents is 2. The van der Waals surface area contributed by atoms with Gasteiger partial charge < -0.3 is 50.0 Å². The van der Waals surface area contributed by atoms with Gasteiger partial charge >= 0.3 is 0 Å². The molecule has 0 bridgehead atoms. The highest BCUT2D eigenvalue weighted by molar-refractivity contribution is 6.09. The molecule has 32 heavy (non-hydrogen) atoms. The van der Waals surface area contributed by atoms with E-state index in [2.05, 4.69) is 0 Å². The maximum atomic E-state index is 13.1. The van der Waals surface area contributed by atoms with Crippen molar-refractivity contribution < 1.29 is 54.8 Å². The van der Waals surface area contributed by atoms with Crippen LogP contribution in [0.5, 0.6) is 23.0 Å². The third-order valence-electron chi connectivity index (χ3n) is 5.38. The first-order valence-corrected chi connectivity index (χ1v) is 9.71. The van der Waals surface area contributed by atoms with E-state index in [1.165, 1.54) is 24.3 Å². The van der Waals surface area contributed by atoms with E-state index in [9.17, 15) is 40.5 Å². The number of aliphatic hydroxyl groups is 5. The minimum atomic E-state index is -2.33. The molecule has 0 radical (unpaired) electrons. The molecule has 0 aliphatic carbocycles. The zero-order valence-corrected chi connectivity index (χ0v) is 16.5. The predicted molar refractivity (Wildman–Crippen MR) is 104 cm³/mol. The summed E-state index contributed by atoms with van der Waals surface area (Å²) >= 11 is 0. The highest BCUT2D eigenvalue weighted by atomic mass is 16.7. The first kappa shape index (κ1) is 22.3. The molecule has 1 fully saturated rings. The molecule has 2 aromatic rings. The van der Waals surface area contributed by atoms with Crippen LogP contribution in [0, 0.1) is 0 Å². The van der Waals surface area contributed by atoms with Gasteiger partial charge in [0.1, 0.15) is 53.0 Å². The predicted octanol–water partition coefficient (Wildman–Crippen LogP) is -1.22. The fourth-order valence-corrected chi connectivity index (χ4v) is 3.69. The van der Waals surface area contributed by atoms with Crippen molar-refractivity contribution in [3.63, 3.8) is 0 Å². The topological polar surface area (TPSA) is 186 Å². The zero-order valence-electron chi connectivity index (χ0n) is 16.5. The van der Waals surface area contributed by atoms with E-state index in [1.807, 2.05) is 0 Å². The third kappa shape index (κ3) is 3.86. The van der Waals surface area contributed by atoms with Crippen molar-refractivity contribution in [2.45, 2.75) is 42.9 Å². The molecule has 2 aliphatic heterocycles. The van der Waals surface area contributed by atoms with Gasteiger partial charge in [0.15, 0.2) is 0 Å². The van der Waals surface area contributed by atoms with Gasteiger partial charge in [0, 0.05) is 18.6 Å². The van der Waals surface area contributed by atoms with E-state index in [-0.39, 0.29) is 35.0 Å². The molecule has 0 saturated carbocycles. The Morgan fingerprint density at radius 2 is 1.66 bits per heavy atom. The fraction of sp³-hybridized carbons (Fsp3) is 0.381. The molecule has 0 unspecified atom stereocenters. The van der Waals surface area contributed by atoms with E-state index in [0.717, 1.165) is 12.1 Å². The standard InChI is InChI=1S/C21H22O11/c22-8-14-16(25)17(26)18(27)20(31-14)30-12-5-11(24)6-13-15(12)19(28)21(29,32-13)7-9-1-3-10(23)4-2-9/h1-6,14,16-18,20,22-27,29H,7-8H2/t14-,16-,17+,18-,20-,21-/m1/s1. The van der Waals surface area contributed by atoms with Crippen molar-refractivity contribution in [3.8, 4) is 23.0 Å². The van der Waals surface area contributed by atoms with Crippen LogP contribution in [0.3, 0.4) is 0 Å². The number of hydrogen-bond donors (Lipinski definition) is 7. The van der Waals surface area contributed by atoms with E-state index in [0.29, 0.717) is 5.56 Å². The van der Waals surface area contributed by atoms with Gasteiger partial charge in [-0.1, -0.05) is 12.1 Å². The van der Waals surface area contributed by atoms with Gasteiger partial charge in [0.05, 0.1) is 6.61 Å². The molecule has 2 aromatic carbocycles. The Hall–Kier alpha value is -2.93. The summed E-state index contributed by atoms with van der Waals surface area (Å²) in [4.78, 5) is 13.1. The molecule has 11 nitrogen and oxygen atoms in total. The lowest BCUT2D eigenvalue weighted by Gasteiger charge is -2.39. The summed E-state index contributed by atoms with van der Waals surface area (Å²) in [5.74, 6) is -4.10. The van der Waals surface area contributed by atoms with Gasteiger partial charge in [0.2, 0.25) is 12.1 Å². The first-order chi connectivity index (χ1) is 15.1. The lowest BCUT2D eigenvalue weighted by Crippen LogP contribution is -2.60. The van der Waals surface area contributed by atoms with Crippen LogP contribution in [-0.4, -0.2) is 84.6 Å². The number of Topliss-reactive ketones (excluding diaryl/α,β-unsaturated/α-hetero) is 1. The number of benzene rings is 2. The Labute approximate surface area is 181 Å². The van der Waals surface area contributed by atoms with Gasteiger partial charge in [-0.15, -0.1) is 0 Å². The lowest BCUT2D eigenvalue weighted by molar-refractivity contribution is -0.277. The number of rotatable bonds is 5. The molecule has 7 N–H and O–H groups in total. The monoisotopic (exact) mass is 450 g/mol. The maximum Gasteiger partial charge on any atom is 0.277 e. The third-order valence-corrected chi connectivity index (χ3v) is 5.38. The van der Waals surface area contributed by atoms with Crippen LogP contribution >= 0.6 is 0 Å². The van der Waals surface area contributed by atoms with Crippen LogP contribution in [-0.2, 0) is 11.2 Å². The number of aromatic hydroxyl groups is 2. The summed E-state index contributed by atoms with van der Waals surface area (Å²) in [7, 11) is 0. The summed E-state index contributed by atoms with van der Waals surface area (Å²) < 4.78 is 16.2. The van der Waals surface area contributed by atoms with E-state index < -0.39 is 48.9 Å². The average Bonchev–Trinajstić information content (AvgIpc) is 2.99. The molecule has 2 aliphatic rings. The molecule has 4 rings (SSSR count). The summed E-state index contributed by atoms with van der Waals surface area (Å²) in [6.07, 6.45) is -8.21. The Bertz CT molecular complexity index is 1010. The highest BCUT2D eigenvalue weighted by Gasteiger charge is 2.50. The molecular weight excluding hydrogens is 428 g/mol. The molecule has 172 valence electrons. The first-order valence-electron chi connectivity index (χ1n) is 9.71. The second-order valence-electron chi connectivity index (χ2n) is 7.69. The largest absolute Gasteiger partial charge is 0.508 e. The normalized spacial score (nSPS) is 31.8. The van der Waals surface area contributed by atoms with Crippen molar-refractivity contribution in [1.82, 2.24) is 0 Å². The van der Waals surface area contributed by atoms with Crippen LogP contribution < -0.4 is 9.47 Å². The number of ketones is 1. The molecule has 2 heterocycles. The number of hydrogen-bond acceptors (Lipinski definition) is 11. The van der Waals surface area contributed by atoms with Gasteiger partial charge in [-0.2, -0.15) is 0 Å². The molecule has 0 amide bonds. The Kier molecular flexibility index (Phi) is 5.71. The van der Waals surface area contributed by atoms with Crippen molar-refractivity contribution in [2.24, 2.45) is 0 Å². The average molecular weight is 450 g/mol. The molecule has 11 heteroatoms. The minimum Gasteiger partial charge on any atom is -0.508 e. The van der Waals surface area contributed by atoms with Crippen LogP contribution in [0.15, 0.2) is 36.4 Å². The summed E-state index contributed by atoms with van der Waals surface area (Å²) in [5, 5.41) is 69.7. The SMILES string of the molecule is O=C1c2c(O[C@@H]3O[C@H](CO)[C@@H](O)[C@H](O)[C@H]3O)cc(O)cc2O[C@]1(O)Cc1ccc(O)cc1. The van der Waals surface area contributed by atoms with E-state index >= 15 is 0 Å². The maximum absolute atomic E-state index is 13.1. The lowest BCUT2D eigenvalue weighted by atomic mass is 9.97. The van der Waals surface area contributed by atoms with Crippen molar-refractivity contribution in [1.29, 1.82) is 0 Å². The number of phenols is 2. The number of carbonyl (C=O) groups excluding carboxylic acids is 1. The van der Waals surface area contributed by atoms with Crippen molar-refractivity contribution >= 4 is 5.78 Å². The van der Waals surface area contributed by atoms with Crippen molar-refractivity contribution in [2.75, 3.05) is 6.61 Å². The van der Waals surface area contributed by atoms with Crippen LogP contribution in [0.1, 0.15) is 15.9 Å². The Balaban J connectivity index is 1.63. The Morgan fingerprint density at radius 1 is 0.969 bits per heavy atom. The number of aliphatic hydroxyl groups excluding tert-OH is 4. The quantitative estimate of drug-likeness (QED) is 0.289. The molecule has 0 aromatic heterocycles. The van der Waals surface area contributed by atoms with Gasteiger partial charge in [-0.25, -0.2) is 0 Å². The summed E-state index contributed by atoms with van der Waals surface area (Å²) in [6.45, 7) is -0.683. The van der Waals surface area contributed by atoms with Crippen LogP contribution in [0.4, 0.5) is 0 Å². The second kappa shape index (κ2) is 8.20. The smallest absolute Gasteiger partial charge is 0.277 e. The van der Waals surface area contributed by atoms with E-state index in [1.54, 1.807) is 0 Å².